The SMILES string of the molecule is Cc1cncc(C)c1-c1cc(F)c(F)c([C@H](CC(=O)O)NC(=O)[C@H](CC(C)C)NC(=O)c2cccn(CCO)c2=O)c1. The van der Waals surface area contributed by atoms with Gasteiger partial charge in [-0.2, -0.15) is 0 Å². The number of aliphatic hydroxyl groups excluding tert-OH is 1. The highest BCUT2D eigenvalue weighted by atomic mass is 19.2. The molecule has 0 spiro atoms. The van der Waals surface area contributed by atoms with Gasteiger partial charge >= 0.3 is 5.97 Å². The maximum Gasteiger partial charge on any atom is 0.305 e. The molecule has 0 unspecified atom stereocenters. The van der Waals surface area contributed by atoms with Crippen molar-refractivity contribution in [3.63, 3.8) is 0 Å². The highest BCUT2D eigenvalue weighted by Crippen LogP contribution is 2.32. The van der Waals surface area contributed by atoms with E-state index in [2.05, 4.69) is 15.6 Å². The van der Waals surface area contributed by atoms with Crippen molar-refractivity contribution in [2.45, 2.75) is 59.2 Å². The summed E-state index contributed by atoms with van der Waals surface area (Å²) in [5, 5.41) is 23.7. The van der Waals surface area contributed by atoms with E-state index in [1.807, 2.05) is 0 Å². The number of aliphatic carboxylic acids is 1. The fraction of sp³-hybridized carbons (Fsp3) is 0.367. The molecule has 0 aliphatic heterocycles. The maximum atomic E-state index is 15.2. The first kappa shape index (κ1) is 32.1. The van der Waals surface area contributed by atoms with Crippen molar-refractivity contribution in [1.29, 1.82) is 0 Å². The van der Waals surface area contributed by atoms with Gasteiger partial charge in [-0.05, 0) is 72.7 Å². The summed E-state index contributed by atoms with van der Waals surface area (Å²) >= 11 is 0. The summed E-state index contributed by atoms with van der Waals surface area (Å²) in [6.07, 6.45) is 3.85. The molecule has 3 rings (SSSR count). The maximum absolute atomic E-state index is 15.2. The number of aryl methyl sites for hydroxylation is 2. The summed E-state index contributed by atoms with van der Waals surface area (Å²) in [5.74, 6) is -5.73. The van der Waals surface area contributed by atoms with Crippen molar-refractivity contribution in [2.24, 2.45) is 5.92 Å². The van der Waals surface area contributed by atoms with Gasteiger partial charge in [0.1, 0.15) is 11.6 Å². The molecule has 10 nitrogen and oxygen atoms in total. The number of pyridine rings is 2. The van der Waals surface area contributed by atoms with E-state index in [4.69, 9.17) is 5.11 Å². The molecule has 0 aliphatic rings. The predicted molar refractivity (Wildman–Crippen MR) is 151 cm³/mol. The Morgan fingerprint density at radius 2 is 1.74 bits per heavy atom. The van der Waals surface area contributed by atoms with Crippen molar-refractivity contribution in [1.82, 2.24) is 20.2 Å². The number of halogens is 2. The second-order valence-electron chi connectivity index (χ2n) is 10.5. The average molecular weight is 585 g/mol. The molecular formula is C30H34F2N4O6. The van der Waals surface area contributed by atoms with Crippen LogP contribution in [-0.4, -0.2) is 50.2 Å². The van der Waals surface area contributed by atoms with Gasteiger partial charge in [-0.25, -0.2) is 8.78 Å². The lowest BCUT2D eigenvalue weighted by atomic mass is 9.93. The van der Waals surface area contributed by atoms with E-state index in [9.17, 15) is 28.7 Å². The molecule has 0 saturated heterocycles. The third-order valence-electron chi connectivity index (χ3n) is 6.68. The van der Waals surface area contributed by atoms with Crippen LogP contribution < -0.4 is 16.2 Å². The Hall–Kier alpha value is -4.45. The Balaban J connectivity index is 1.99. The first-order valence-electron chi connectivity index (χ1n) is 13.4. The zero-order chi connectivity index (χ0) is 31.1. The van der Waals surface area contributed by atoms with Crippen LogP contribution in [0, 0.1) is 31.4 Å². The Morgan fingerprint density at radius 3 is 2.33 bits per heavy atom. The summed E-state index contributed by atoms with van der Waals surface area (Å²) < 4.78 is 31.2. The topological polar surface area (TPSA) is 151 Å². The van der Waals surface area contributed by atoms with Crippen LogP contribution in [0.15, 0.2) is 47.7 Å². The van der Waals surface area contributed by atoms with Gasteiger partial charge in [-0.3, -0.25) is 24.2 Å². The van der Waals surface area contributed by atoms with E-state index in [1.165, 1.54) is 24.4 Å². The van der Waals surface area contributed by atoms with Crippen LogP contribution in [0.25, 0.3) is 11.1 Å². The normalized spacial score (nSPS) is 12.6. The first-order chi connectivity index (χ1) is 19.8. The Kier molecular flexibility index (Phi) is 10.6. The Bertz CT molecular complexity index is 1520. The largest absolute Gasteiger partial charge is 0.481 e. The second kappa shape index (κ2) is 13.9. The summed E-state index contributed by atoms with van der Waals surface area (Å²) in [6.45, 7) is 6.71. The van der Waals surface area contributed by atoms with Gasteiger partial charge in [0.15, 0.2) is 11.6 Å². The minimum Gasteiger partial charge on any atom is -0.481 e. The van der Waals surface area contributed by atoms with Crippen molar-refractivity contribution < 1.29 is 33.4 Å². The van der Waals surface area contributed by atoms with E-state index in [-0.39, 0.29) is 42.2 Å². The van der Waals surface area contributed by atoms with E-state index >= 15 is 4.39 Å². The lowest BCUT2D eigenvalue weighted by Crippen LogP contribution is -2.49. The smallest absolute Gasteiger partial charge is 0.305 e. The van der Waals surface area contributed by atoms with Crippen molar-refractivity contribution in [3.8, 4) is 11.1 Å². The molecule has 4 N–H and O–H groups in total. The van der Waals surface area contributed by atoms with Gasteiger partial charge in [0.2, 0.25) is 5.91 Å². The fourth-order valence-electron chi connectivity index (χ4n) is 4.78. The zero-order valence-corrected chi connectivity index (χ0v) is 23.8. The van der Waals surface area contributed by atoms with Crippen LogP contribution in [-0.2, 0) is 16.1 Å². The van der Waals surface area contributed by atoms with Gasteiger partial charge < -0.3 is 25.4 Å². The van der Waals surface area contributed by atoms with Gasteiger partial charge in [-0.15, -0.1) is 0 Å². The summed E-state index contributed by atoms with van der Waals surface area (Å²) in [4.78, 5) is 55.0. The van der Waals surface area contributed by atoms with Crippen LogP contribution in [0.3, 0.4) is 0 Å². The van der Waals surface area contributed by atoms with Gasteiger partial charge in [0, 0.05) is 30.7 Å². The molecule has 2 amide bonds. The number of hydrogen-bond acceptors (Lipinski definition) is 6. The zero-order valence-electron chi connectivity index (χ0n) is 23.8. The standard InChI is InChI=1S/C30H34F2N4O6/c1-16(2)10-24(35-28(40)20-6-5-7-36(8-9-37)30(20)42)29(41)34-23(13-25(38)39)21-11-19(12-22(31)27(21)32)26-17(3)14-33-15-18(26)4/h5-7,11-12,14-16,23-24,37H,8-10,13H2,1-4H3,(H,34,41)(H,35,40)(H,38,39)/t23-,24-/m0/s1. The van der Waals surface area contributed by atoms with E-state index in [1.54, 1.807) is 40.1 Å². The minimum absolute atomic E-state index is 0.0353. The fourth-order valence-corrected chi connectivity index (χ4v) is 4.78. The first-order valence-corrected chi connectivity index (χ1v) is 13.4. The van der Waals surface area contributed by atoms with Crippen molar-refractivity contribution in [2.75, 3.05) is 6.61 Å². The van der Waals surface area contributed by atoms with E-state index < -0.39 is 53.5 Å². The highest BCUT2D eigenvalue weighted by molar-refractivity contribution is 5.97. The molecule has 0 saturated carbocycles. The number of aromatic nitrogens is 2. The van der Waals surface area contributed by atoms with Crippen LogP contribution in [0.1, 0.15) is 59.8 Å². The number of amides is 2. The molecule has 2 atom stereocenters. The number of nitrogens with one attached hydrogen (secondary N) is 2. The number of nitrogens with zero attached hydrogens (tertiary/aromatic N) is 2. The third kappa shape index (κ3) is 7.64. The molecule has 0 aliphatic carbocycles. The van der Waals surface area contributed by atoms with Crippen LogP contribution in [0.4, 0.5) is 8.78 Å². The van der Waals surface area contributed by atoms with E-state index in [0.29, 0.717) is 16.7 Å². The lowest BCUT2D eigenvalue weighted by molar-refractivity contribution is -0.137. The molecular weight excluding hydrogens is 550 g/mol. The summed E-state index contributed by atoms with van der Waals surface area (Å²) in [7, 11) is 0. The Morgan fingerprint density at radius 1 is 1.07 bits per heavy atom. The van der Waals surface area contributed by atoms with Crippen LogP contribution in [0.2, 0.25) is 0 Å². The number of rotatable bonds is 12. The average Bonchev–Trinajstić information content (AvgIpc) is 2.90. The molecule has 224 valence electrons. The number of carbonyl (C=O) groups excluding carboxylic acids is 2. The molecule has 2 heterocycles. The quantitative estimate of drug-likeness (QED) is 0.255. The molecule has 0 fully saturated rings. The molecule has 0 radical (unpaired) electrons. The Labute approximate surface area is 241 Å². The molecule has 0 bridgehead atoms. The summed E-state index contributed by atoms with van der Waals surface area (Å²) in [5.41, 5.74) is 0.923. The van der Waals surface area contributed by atoms with Crippen LogP contribution >= 0.6 is 0 Å². The predicted octanol–water partition coefficient (Wildman–Crippen LogP) is 3.27. The second-order valence-corrected chi connectivity index (χ2v) is 10.5. The molecule has 1 aromatic carbocycles. The number of carboxylic acids is 1. The lowest BCUT2D eigenvalue weighted by Gasteiger charge is -2.25. The highest BCUT2D eigenvalue weighted by Gasteiger charge is 2.30. The molecule has 12 heteroatoms. The number of carbonyl (C=O) groups is 3. The van der Waals surface area contributed by atoms with Crippen molar-refractivity contribution >= 4 is 17.8 Å². The molecule has 2 aromatic heterocycles. The summed E-state index contributed by atoms with van der Waals surface area (Å²) in [6, 6.07) is 2.29. The van der Waals surface area contributed by atoms with Crippen molar-refractivity contribution in [3.05, 3.63) is 87.1 Å². The number of aliphatic hydroxyl groups is 1. The third-order valence-corrected chi connectivity index (χ3v) is 6.68. The van der Waals surface area contributed by atoms with Crippen LogP contribution in [0.5, 0.6) is 0 Å². The number of hydrogen-bond donors (Lipinski definition) is 4. The monoisotopic (exact) mass is 584 g/mol. The number of carboxylic acid groups (broad SMARTS) is 1. The van der Waals surface area contributed by atoms with Gasteiger partial charge in [0.25, 0.3) is 11.5 Å². The molecule has 3 aromatic rings. The number of benzene rings is 1. The van der Waals surface area contributed by atoms with E-state index in [0.717, 1.165) is 10.6 Å². The minimum atomic E-state index is -1.49. The van der Waals surface area contributed by atoms with Gasteiger partial charge in [0.05, 0.1) is 19.1 Å². The molecule has 42 heavy (non-hydrogen) atoms. The van der Waals surface area contributed by atoms with Gasteiger partial charge in [-0.1, -0.05) is 13.8 Å².